The average molecular weight is 356 g/mol. The number of hydrogen-bond acceptors (Lipinski definition) is 4. The van der Waals surface area contributed by atoms with Crippen molar-refractivity contribution in [1.29, 1.82) is 0 Å². The Kier molecular flexibility index (Phi) is 5.38. The van der Waals surface area contributed by atoms with Crippen molar-refractivity contribution in [1.82, 2.24) is 10.2 Å². The maximum atomic E-state index is 13.0. The Morgan fingerprint density at radius 2 is 1.91 bits per heavy atom. The Morgan fingerprint density at radius 1 is 1.26 bits per heavy atom. The Balaban J connectivity index is 2.33. The van der Waals surface area contributed by atoms with Crippen LogP contribution in [0.15, 0.2) is 46.7 Å². The van der Waals surface area contributed by atoms with Gasteiger partial charge >= 0.3 is 6.03 Å². The molecule has 0 aliphatic heterocycles. The number of urea groups is 1. The van der Waals surface area contributed by atoms with E-state index in [-0.39, 0.29) is 17.5 Å². The van der Waals surface area contributed by atoms with Gasteiger partial charge in [-0.3, -0.25) is 0 Å². The summed E-state index contributed by atoms with van der Waals surface area (Å²) in [7, 11) is -0.605. The Hall–Kier alpha value is -1.93. The van der Waals surface area contributed by atoms with E-state index in [4.69, 9.17) is 0 Å². The van der Waals surface area contributed by atoms with E-state index in [1.165, 1.54) is 28.4 Å². The molecule has 0 fully saturated rings. The summed E-state index contributed by atoms with van der Waals surface area (Å²) in [5.74, 6) is -0.502. The van der Waals surface area contributed by atoms with Crippen LogP contribution in [0, 0.1) is 5.82 Å². The fourth-order valence-electron chi connectivity index (χ4n) is 1.96. The number of rotatable bonds is 5. The smallest absolute Gasteiger partial charge is 0.316 e. The summed E-state index contributed by atoms with van der Waals surface area (Å²) in [5.41, 5.74) is 0. The first kappa shape index (κ1) is 17.4. The van der Waals surface area contributed by atoms with Gasteiger partial charge in [0, 0.05) is 25.5 Å². The quantitative estimate of drug-likeness (QED) is 0.838. The molecule has 0 bridgehead atoms. The lowest BCUT2D eigenvalue weighted by molar-refractivity contribution is 0.217. The third kappa shape index (κ3) is 4.08. The number of sulfone groups is 1. The van der Waals surface area contributed by atoms with E-state index in [9.17, 15) is 17.6 Å². The number of amides is 2. The fourth-order valence-corrected chi connectivity index (χ4v) is 4.75. The predicted octanol–water partition coefficient (Wildman–Crippen LogP) is 2.67. The van der Waals surface area contributed by atoms with Crippen molar-refractivity contribution in [3.8, 4) is 0 Å². The lowest BCUT2D eigenvalue weighted by atomic mass is 10.3. The SMILES string of the molecule is CN(C)C(=O)NCC(c1cccs1)S(=O)(=O)c1ccc(F)cc1. The molecule has 1 heterocycles. The molecule has 1 aromatic heterocycles. The second kappa shape index (κ2) is 7.10. The highest BCUT2D eigenvalue weighted by molar-refractivity contribution is 7.91. The minimum atomic E-state index is -3.75. The summed E-state index contributed by atoms with van der Waals surface area (Å²) < 4.78 is 38.7. The Morgan fingerprint density at radius 3 is 2.43 bits per heavy atom. The average Bonchev–Trinajstić information content (AvgIpc) is 3.01. The molecular weight excluding hydrogens is 339 g/mol. The van der Waals surface area contributed by atoms with E-state index < -0.39 is 20.9 Å². The highest BCUT2D eigenvalue weighted by Gasteiger charge is 2.30. The van der Waals surface area contributed by atoms with Gasteiger partial charge in [-0.15, -0.1) is 11.3 Å². The van der Waals surface area contributed by atoms with Crippen molar-refractivity contribution in [2.45, 2.75) is 10.1 Å². The Labute approximate surface area is 138 Å². The van der Waals surface area contributed by atoms with E-state index in [0.717, 1.165) is 12.1 Å². The number of hydrogen-bond donors (Lipinski definition) is 1. The largest absolute Gasteiger partial charge is 0.336 e. The normalized spacial score (nSPS) is 12.7. The van der Waals surface area contributed by atoms with Gasteiger partial charge in [-0.2, -0.15) is 0 Å². The van der Waals surface area contributed by atoms with E-state index in [1.807, 2.05) is 0 Å². The molecule has 2 aromatic rings. The van der Waals surface area contributed by atoms with Crippen molar-refractivity contribution < 1.29 is 17.6 Å². The fraction of sp³-hybridized carbons (Fsp3) is 0.267. The maximum Gasteiger partial charge on any atom is 0.316 e. The number of nitrogens with one attached hydrogen (secondary N) is 1. The maximum absolute atomic E-state index is 13.0. The first-order valence-corrected chi connectivity index (χ1v) is 9.23. The molecule has 1 N–H and O–H groups in total. The summed E-state index contributed by atoms with van der Waals surface area (Å²) in [4.78, 5) is 13.7. The predicted molar refractivity (Wildman–Crippen MR) is 87.7 cm³/mol. The van der Waals surface area contributed by atoms with Gasteiger partial charge in [-0.25, -0.2) is 17.6 Å². The molecule has 5 nitrogen and oxygen atoms in total. The van der Waals surface area contributed by atoms with Crippen LogP contribution in [-0.2, 0) is 9.84 Å². The molecule has 0 spiro atoms. The standard InChI is InChI=1S/C15H17FN2O3S2/c1-18(2)15(19)17-10-14(13-4-3-9-22-13)23(20,21)12-7-5-11(16)6-8-12/h3-9,14H,10H2,1-2H3,(H,17,19). The number of halogens is 1. The number of nitrogens with zero attached hydrogens (tertiary/aromatic N) is 1. The zero-order valence-corrected chi connectivity index (χ0v) is 14.3. The van der Waals surface area contributed by atoms with Gasteiger partial charge in [0.25, 0.3) is 0 Å². The van der Waals surface area contributed by atoms with Crippen molar-refractivity contribution in [3.05, 3.63) is 52.5 Å². The third-order valence-electron chi connectivity index (χ3n) is 3.22. The number of benzene rings is 1. The van der Waals surface area contributed by atoms with Crippen LogP contribution >= 0.6 is 11.3 Å². The van der Waals surface area contributed by atoms with Crippen molar-refractivity contribution in [2.75, 3.05) is 20.6 Å². The van der Waals surface area contributed by atoms with Crippen LogP contribution in [0.3, 0.4) is 0 Å². The first-order chi connectivity index (χ1) is 10.8. The van der Waals surface area contributed by atoms with E-state index in [1.54, 1.807) is 31.6 Å². The monoisotopic (exact) mass is 356 g/mol. The lowest BCUT2D eigenvalue weighted by Gasteiger charge is -2.19. The summed E-state index contributed by atoms with van der Waals surface area (Å²) in [6, 6.07) is 7.77. The summed E-state index contributed by atoms with van der Waals surface area (Å²) >= 11 is 1.30. The molecule has 1 atom stereocenters. The Bertz CT molecular complexity index is 757. The van der Waals surface area contributed by atoms with Gasteiger partial charge in [0.1, 0.15) is 11.1 Å². The highest BCUT2D eigenvalue weighted by Crippen LogP contribution is 2.31. The summed E-state index contributed by atoms with van der Waals surface area (Å²) in [6.07, 6.45) is 0. The second-order valence-electron chi connectivity index (χ2n) is 5.08. The third-order valence-corrected chi connectivity index (χ3v) is 6.46. The molecule has 124 valence electrons. The molecule has 0 aliphatic carbocycles. The zero-order chi connectivity index (χ0) is 17.0. The molecule has 0 radical (unpaired) electrons. The highest BCUT2D eigenvalue weighted by atomic mass is 32.2. The summed E-state index contributed by atoms with van der Waals surface area (Å²) in [5, 5.41) is 3.45. The molecule has 8 heteroatoms. The van der Waals surface area contributed by atoms with Crippen molar-refractivity contribution in [3.63, 3.8) is 0 Å². The van der Waals surface area contributed by atoms with Crippen LogP contribution < -0.4 is 5.32 Å². The zero-order valence-electron chi connectivity index (χ0n) is 12.7. The van der Waals surface area contributed by atoms with Gasteiger partial charge in [0.2, 0.25) is 0 Å². The second-order valence-corrected chi connectivity index (χ2v) is 8.19. The van der Waals surface area contributed by atoms with Gasteiger partial charge < -0.3 is 10.2 Å². The first-order valence-electron chi connectivity index (χ1n) is 6.80. The molecule has 1 unspecified atom stereocenters. The van der Waals surface area contributed by atoms with Gasteiger partial charge in [0.15, 0.2) is 9.84 Å². The minimum Gasteiger partial charge on any atom is -0.336 e. The number of carbonyl (C=O) groups is 1. The minimum absolute atomic E-state index is 0.0244. The molecule has 0 aliphatic rings. The molecule has 0 saturated heterocycles. The molecule has 2 rings (SSSR count). The summed E-state index contributed by atoms with van der Waals surface area (Å²) in [6.45, 7) is -0.0583. The molecule has 23 heavy (non-hydrogen) atoms. The number of carbonyl (C=O) groups excluding carboxylic acids is 1. The van der Waals surface area contributed by atoms with Crippen LogP contribution in [0.1, 0.15) is 10.1 Å². The van der Waals surface area contributed by atoms with Crippen molar-refractivity contribution >= 4 is 27.2 Å². The topological polar surface area (TPSA) is 66.5 Å². The van der Waals surface area contributed by atoms with Gasteiger partial charge in [-0.05, 0) is 35.7 Å². The van der Waals surface area contributed by atoms with E-state index >= 15 is 0 Å². The van der Waals surface area contributed by atoms with Crippen LogP contribution in [0.2, 0.25) is 0 Å². The lowest BCUT2D eigenvalue weighted by Crippen LogP contribution is -2.38. The van der Waals surface area contributed by atoms with Crippen LogP contribution in [-0.4, -0.2) is 40.0 Å². The van der Waals surface area contributed by atoms with Crippen LogP contribution in [0.5, 0.6) is 0 Å². The van der Waals surface area contributed by atoms with Gasteiger partial charge in [0.05, 0.1) is 4.90 Å². The number of thiophene rings is 1. The molecule has 2 amide bonds. The van der Waals surface area contributed by atoms with E-state index in [0.29, 0.717) is 4.88 Å². The molecule has 1 aromatic carbocycles. The molecule has 0 saturated carbocycles. The van der Waals surface area contributed by atoms with Gasteiger partial charge in [-0.1, -0.05) is 6.07 Å². The van der Waals surface area contributed by atoms with Crippen LogP contribution in [0.4, 0.5) is 9.18 Å². The van der Waals surface area contributed by atoms with E-state index in [2.05, 4.69) is 5.32 Å². The van der Waals surface area contributed by atoms with Crippen molar-refractivity contribution in [2.24, 2.45) is 0 Å². The molecular formula is C15H17FN2O3S2. The van der Waals surface area contributed by atoms with Crippen LogP contribution in [0.25, 0.3) is 0 Å².